The highest BCUT2D eigenvalue weighted by Gasteiger charge is 2.25. The van der Waals surface area contributed by atoms with Gasteiger partial charge in [-0.2, -0.15) is 0 Å². The van der Waals surface area contributed by atoms with Crippen LogP contribution in [0.5, 0.6) is 0 Å². The molecule has 8 nitrogen and oxygen atoms in total. The Kier molecular flexibility index (Phi) is 46.3. The summed E-state index contributed by atoms with van der Waals surface area (Å²) in [5.41, 5.74) is 0. The van der Waals surface area contributed by atoms with Crippen molar-refractivity contribution >= 4 is 17.9 Å². The molecule has 66 heavy (non-hydrogen) atoms. The Morgan fingerprint density at radius 3 is 1.27 bits per heavy atom. The van der Waals surface area contributed by atoms with Crippen LogP contribution in [0.1, 0.15) is 239 Å². The predicted octanol–water partition coefficient (Wildman–Crippen LogP) is 14.8. The second kappa shape index (κ2) is 48.5. The Hall–Kier alpha value is -2.97. The number of carbonyl (C=O) groups is 3. The van der Waals surface area contributed by atoms with Gasteiger partial charge in [0.15, 0.2) is 6.10 Å². The highest BCUT2D eigenvalue weighted by atomic mass is 16.6. The number of carboxylic acids is 1. The quantitative estimate of drug-likeness (QED) is 0.0259. The Balaban J connectivity index is 4.22. The number of hydrogen-bond donors (Lipinski definition) is 0. The van der Waals surface area contributed by atoms with Gasteiger partial charge in [0.2, 0.25) is 0 Å². The van der Waals surface area contributed by atoms with Gasteiger partial charge in [-0.25, -0.2) is 0 Å². The lowest BCUT2D eigenvalue weighted by molar-refractivity contribution is -0.889. The third kappa shape index (κ3) is 46.2. The zero-order valence-corrected chi connectivity index (χ0v) is 43.6. The number of nitrogens with zero attached hydrogens (tertiary/aromatic N) is 1. The molecule has 0 aromatic rings. The van der Waals surface area contributed by atoms with Gasteiger partial charge in [-0.15, -0.1) is 0 Å². The molecule has 0 saturated carbocycles. The summed E-state index contributed by atoms with van der Waals surface area (Å²) in [5.74, 6) is -1.74. The number of likely N-dealkylation sites (N-methyl/N-ethyl adjacent to an activating group) is 1. The number of aliphatic carboxylic acids is 1. The van der Waals surface area contributed by atoms with Gasteiger partial charge < -0.3 is 28.6 Å². The molecule has 0 aliphatic rings. The lowest BCUT2D eigenvalue weighted by Crippen LogP contribution is -2.55. The van der Waals surface area contributed by atoms with E-state index < -0.39 is 18.1 Å². The average molecular weight is 926 g/mol. The van der Waals surface area contributed by atoms with Crippen LogP contribution < -0.4 is 5.11 Å². The fourth-order valence-corrected chi connectivity index (χ4v) is 7.94. The molecule has 0 radical (unpaired) electrons. The summed E-state index contributed by atoms with van der Waals surface area (Å²) >= 11 is 0. The minimum atomic E-state index is -1.13. The summed E-state index contributed by atoms with van der Waals surface area (Å²) in [4.78, 5) is 37.1. The minimum Gasteiger partial charge on any atom is -0.544 e. The maximum absolute atomic E-state index is 12.8. The fraction of sp³-hybridized carbons (Fsp3) is 0.776. The van der Waals surface area contributed by atoms with Crippen molar-refractivity contribution in [1.82, 2.24) is 0 Å². The number of quaternary nitrogens is 1. The summed E-state index contributed by atoms with van der Waals surface area (Å²) in [5, 5.41) is 11.7. The SMILES string of the molecule is CC/C=C\C/C=C\C/C=C\C/C=C\CCCCCCCCCCC(=O)OC(COCCC(C(=O)[O-])[N+](C)(C)C)COC(=O)CCCCCCCCCCC/C=C\CCCCCCCCCC. The summed E-state index contributed by atoms with van der Waals surface area (Å²) in [7, 11) is 5.42. The number of allylic oxidation sites excluding steroid dienone is 10. The van der Waals surface area contributed by atoms with Gasteiger partial charge in [-0.3, -0.25) is 9.59 Å². The Morgan fingerprint density at radius 1 is 0.470 bits per heavy atom. The minimum absolute atomic E-state index is 0.0360. The number of unbranched alkanes of at least 4 members (excludes halogenated alkanes) is 25. The molecular formula is C58H103NO7. The molecule has 2 atom stereocenters. The summed E-state index contributed by atoms with van der Waals surface area (Å²) in [6, 6.07) is -0.730. The van der Waals surface area contributed by atoms with Gasteiger partial charge in [-0.05, 0) is 77.0 Å². The second-order valence-electron chi connectivity index (χ2n) is 19.4. The summed E-state index contributed by atoms with van der Waals surface area (Å²) in [6.45, 7) is 4.56. The van der Waals surface area contributed by atoms with E-state index in [0.29, 0.717) is 12.8 Å². The average Bonchev–Trinajstić information content (AvgIpc) is 3.28. The van der Waals surface area contributed by atoms with E-state index in [4.69, 9.17) is 14.2 Å². The molecule has 8 heteroatoms. The normalized spacial score (nSPS) is 13.3. The zero-order valence-electron chi connectivity index (χ0n) is 43.6. The predicted molar refractivity (Wildman–Crippen MR) is 277 cm³/mol. The maximum atomic E-state index is 12.8. The van der Waals surface area contributed by atoms with Crippen molar-refractivity contribution in [2.75, 3.05) is 41.0 Å². The third-order valence-electron chi connectivity index (χ3n) is 12.1. The fourth-order valence-electron chi connectivity index (χ4n) is 7.94. The van der Waals surface area contributed by atoms with Crippen molar-refractivity contribution < 1.29 is 38.2 Å². The van der Waals surface area contributed by atoms with Crippen molar-refractivity contribution in [1.29, 1.82) is 0 Å². The molecule has 0 aliphatic heterocycles. The molecule has 0 fully saturated rings. The van der Waals surface area contributed by atoms with Crippen LogP contribution in [0.15, 0.2) is 60.8 Å². The van der Waals surface area contributed by atoms with E-state index in [-0.39, 0.29) is 42.7 Å². The van der Waals surface area contributed by atoms with Crippen molar-refractivity contribution in [3.63, 3.8) is 0 Å². The van der Waals surface area contributed by atoms with Gasteiger partial charge >= 0.3 is 11.9 Å². The first kappa shape index (κ1) is 63.0. The summed E-state index contributed by atoms with van der Waals surface area (Å²) < 4.78 is 17.3. The number of carboxylic acid groups (broad SMARTS) is 1. The largest absolute Gasteiger partial charge is 0.544 e. The maximum Gasteiger partial charge on any atom is 0.306 e. The molecular weight excluding hydrogens is 823 g/mol. The van der Waals surface area contributed by atoms with Gasteiger partial charge in [0.25, 0.3) is 0 Å². The molecule has 0 heterocycles. The van der Waals surface area contributed by atoms with Crippen LogP contribution in [-0.2, 0) is 28.6 Å². The van der Waals surface area contributed by atoms with Crippen LogP contribution in [0.3, 0.4) is 0 Å². The number of ether oxygens (including phenoxy) is 3. The van der Waals surface area contributed by atoms with Crippen molar-refractivity contribution in [3.8, 4) is 0 Å². The van der Waals surface area contributed by atoms with Crippen molar-refractivity contribution in [3.05, 3.63) is 60.8 Å². The van der Waals surface area contributed by atoms with Crippen LogP contribution in [-0.4, -0.2) is 75.5 Å². The van der Waals surface area contributed by atoms with E-state index in [9.17, 15) is 19.5 Å². The molecule has 382 valence electrons. The van der Waals surface area contributed by atoms with E-state index in [0.717, 1.165) is 70.6 Å². The van der Waals surface area contributed by atoms with Crippen molar-refractivity contribution in [2.24, 2.45) is 0 Å². The Morgan fingerprint density at radius 2 is 0.848 bits per heavy atom. The molecule has 0 spiro atoms. The topological polar surface area (TPSA) is 102 Å². The number of hydrogen-bond acceptors (Lipinski definition) is 7. The first-order valence-corrected chi connectivity index (χ1v) is 27.3. The van der Waals surface area contributed by atoms with Gasteiger partial charge in [0.05, 0.1) is 40.3 Å². The van der Waals surface area contributed by atoms with E-state index >= 15 is 0 Å². The van der Waals surface area contributed by atoms with E-state index in [1.54, 1.807) is 21.1 Å². The highest BCUT2D eigenvalue weighted by molar-refractivity contribution is 5.70. The molecule has 0 rings (SSSR count). The lowest BCUT2D eigenvalue weighted by atomic mass is 10.1. The lowest BCUT2D eigenvalue weighted by Gasteiger charge is -2.34. The molecule has 0 saturated heterocycles. The first-order chi connectivity index (χ1) is 32.1. The molecule has 0 amide bonds. The monoisotopic (exact) mass is 926 g/mol. The van der Waals surface area contributed by atoms with E-state index in [1.165, 1.54) is 135 Å². The van der Waals surface area contributed by atoms with Gasteiger partial charge in [0, 0.05) is 19.3 Å². The molecule has 0 aliphatic carbocycles. The molecule has 0 aromatic carbocycles. The van der Waals surface area contributed by atoms with Gasteiger partial charge in [-0.1, -0.05) is 203 Å². The second-order valence-corrected chi connectivity index (χ2v) is 19.4. The van der Waals surface area contributed by atoms with Gasteiger partial charge in [0.1, 0.15) is 12.6 Å². The standard InChI is InChI=1S/C58H103NO7/c1-6-8-10-12-14-16-18-20-22-24-26-28-30-32-34-36-38-40-42-44-46-48-56(60)65-53-54(52-64-51-50-55(58(62)63)59(3,4)5)66-57(61)49-47-45-43-41-39-37-35-33-31-29-27-25-23-21-19-17-15-13-11-9-7-2/h9,11,15,17,21,23-24,26-27,29,54-55H,6-8,10,12-14,16,18-20,22,25,28,30-53H2,1-5H3/b11-9-,17-15-,23-21-,26-24-,29-27-. The number of esters is 2. The first-order valence-electron chi connectivity index (χ1n) is 27.3. The Bertz CT molecular complexity index is 1260. The van der Waals surface area contributed by atoms with Crippen LogP contribution in [0.2, 0.25) is 0 Å². The number of rotatable bonds is 49. The van der Waals surface area contributed by atoms with Crippen LogP contribution >= 0.6 is 0 Å². The molecule has 0 aromatic heterocycles. The van der Waals surface area contributed by atoms with Crippen LogP contribution in [0, 0.1) is 0 Å². The smallest absolute Gasteiger partial charge is 0.306 e. The third-order valence-corrected chi connectivity index (χ3v) is 12.1. The van der Waals surface area contributed by atoms with Crippen LogP contribution in [0.4, 0.5) is 0 Å². The number of carbonyl (C=O) groups excluding carboxylic acids is 3. The molecule has 2 unspecified atom stereocenters. The van der Waals surface area contributed by atoms with E-state index in [1.807, 2.05) is 0 Å². The Labute approximate surface area is 407 Å². The molecule has 0 N–H and O–H groups in total. The summed E-state index contributed by atoms with van der Waals surface area (Å²) in [6.07, 6.45) is 61.1. The van der Waals surface area contributed by atoms with E-state index in [2.05, 4.69) is 74.6 Å². The van der Waals surface area contributed by atoms with Crippen LogP contribution in [0.25, 0.3) is 0 Å². The highest BCUT2D eigenvalue weighted by Crippen LogP contribution is 2.15. The van der Waals surface area contributed by atoms with Crippen molar-refractivity contribution in [2.45, 2.75) is 251 Å². The zero-order chi connectivity index (χ0) is 48.4. The molecule has 0 bridgehead atoms.